The van der Waals surface area contributed by atoms with Crippen molar-refractivity contribution in [1.82, 2.24) is 0 Å². The minimum absolute atomic E-state index is 0.120. The molecule has 0 aliphatic heterocycles. The van der Waals surface area contributed by atoms with Gasteiger partial charge in [0.15, 0.2) is 0 Å². The Labute approximate surface area is 85.5 Å². The van der Waals surface area contributed by atoms with Gasteiger partial charge < -0.3 is 9.84 Å². The van der Waals surface area contributed by atoms with Crippen LogP contribution in [0.4, 0.5) is 0 Å². The largest absolute Gasteiger partial charge is 0.466 e. The third kappa shape index (κ3) is 2.71. The van der Waals surface area contributed by atoms with Gasteiger partial charge in [-0.25, -0.2) is 0 Å². The summed E-state index contributed by atoms with van der Waals surface area (Å²) in [6.07, 6.45) is 2.64. The molecule has 0 amide bonds. The molecule has 0 aromatic heterocycles. The average Bonchev–Trinajstić information content (AvgIpc) is 2.47. The molecule has 0 aromatic carbocycles. The molecule has 3 nitrogen and oxygen atoms in total. The minimum Gasteiger partial charge on any atom is -0.466 e. The van der Waals surface area contributed by atoms with Gasteiger partial charge in [-0.3, -0.25) is 4.79 Å². The van der Waals surface area contributed by atoms with E-state index in [1.165, 1.54) is 0 Å². The van der Waals surface area contributed by atoms with Crippen LogP contribution in [0.5, 0.6) is 0 Å². The van der Waals surface area contributed by atoms with Crippen molar-refractivity contribution in [2.24, 2.45) is 17.8 Å². The van der Waals surface area contributed by atoms with Gasteiger partial charge in [0.1, 0.15) is 0 Å². The first-order valence-corrected chi connectivity index (χ1v) is 5.45. The number of esters is 1. The van der Waals surface area contributed by atoms with Crippen LogP contribution in [0.15, 0.2) is 0 Å². The Morgan fingerprint density at radius 2 is 2.21 bits per heavy atom. The van der Waals surface area contributed by atoms with E-state index in [1.54, 1.807) is 0 Å². The van der Waals surface area contributed by atoms with E-state index in [0.29, 0.717) is 30.8 Å². The molecule has 0 radical (unpaired) electrons. The Morgan fingerprint density at radius 1 is 1.50 bits per heavy atom. The van der Waals surface area contributed by atoms with E-state index in [-0.39, 0.29) is 12.6 Å². The maximum Gasteiger partial charge on any atom is 0.306 e. The van der Waals surface area contributed by atoms with Crippen LogP contribution >= 0.6 is 0 Å². The van der Waals surface area contributed by atoms with E-state index in [2.05, 4.69) is 6.92 Å². The lowest BCUT2D eigenvalue weighted by Crippen LogP contribution is -2.21. The zero-order valence-electron chi connectivity index (χ0n) is 9.03. The average molecular weight is 200 g/mol. The van der Waals surface area contributed by atoms with Crippen LogP contribution in [0.2, 0.25) is 0 Å². The highest BCUT2D eigenvalue weighted by Gasteiger charge is 2.34. The van der Waals surface area contributed by atoms with Crippen molar-refractivity contribution >= 4 is 5.97 Å². The fraction of sp³-hybridized carbons (Fsp3) is 0.909. The van der Waals surface area contributed by atoms with Gasteiger partial charge in [-0.2, -0.15) is 0 Å². The quantitative estimate of drug-likeness (QED) is 0.701. The van der Waals surface area contributed by atoms with Crippen LogP contribution in [0.25, 0.3) is 0 Å². The molecule has 1 aliphatic rings. The van der Waals surface area contributed by atoms with Gasteiger partial charge in [0.25, 0.3) is 0 Å². The van der Waals surface area contributed by atoms with Crippen molar-refractivity contribution in [1.29, 1.82) is 0 Å². The fourth-order valence-corrected chi connectivity index (χ4v) is 2.39. The number of hydrogen-bond donors (Lipinski definition) is 1. The molecule has 0 aromatic rings. The summed E-state index contributed by atoms with van der Waals surface area (Å²) in [4.78, 5) is 11.3. The van der Waals surface area contributed by atoms with E-state index in [1.807, 2.05) is 6.92 Å². The number of ether oxygens (including phenoxy) is 1. The Hall–Kier alpha value is -0.570. The summed E-state index contributed by atoms with van der Waals surface area (Å²) in [6.45, 7) is 4.61. The lowest BCUT2D eigenvalue weighted by molar-refractivity contribution is -0.144. The number of carbonyl (C=O) groups is 1. The van der Waals surface area contributed by atoms with Crippen molar-refractivity contribution in [3.05, 3.63) is 0 Å². The summed E-state index contributed by atoms with van der Waals surface area (Å²) in [7, 11) is 0. The minimum atomic E-state index is -0.120. The predicted molar refractivity (Wildman–Crippen MR) is 53.7 cm³/mol. The molecular weight excluding hydrogens is 180 g/mol. The van der Waals surface area contributed by atoms with Gasteiger partial charge in [0, 0.05) is 13.0 Å². The van der Waals surface area contributed by atoms with Gasteiger partial charge in [-0.1, -0.05) is 13.3 Å². The lowest BCUT2D eigenvalue weighted by Gasteiger charge is -2.19. The first-order valence-electron chi connectivity index (χ1n) is 5.45. The molecule has 14 heavy (non-hydrogen) atoms. The fourth-order valence-electron chi connectivity index (χ4n) is 2.39. The summed E-state index contributed by atoms with van der Waals surface area (Å²) < 4.78 is 4.91. The van der Waals surface area contributed by atoms with Crippen molar-refractivity contribution in [3.8, 4) is 0 Å². The third-order valence-electron chi connectivity index (χ3n) is 3.27. The van der Waals surface area contributed by atoms with Gasteiger partial charge in [-0.05, 0) is 31.1 Å². The molecule has 1 saturated carbocycles. The second-order valence-corrected chi connectivity index (χ2v) is 4.17. The van der Waals surface area contributed by atoms with Crippen LogP contribution in [-0.2, 0) is 9.53 Å². The standard InChI is InChI=1S/C11H20O3/c1-3-14-11(13)6-9-5-4-8(2)10(9)7-12/h8-10,12H,3-7H2,1-2H3/t8-,9-,10+/m0/s1. The Kier molecular flexibility index (Phi) is 4.39. The van der Waals surface area contributed by atoms with E-state index in [9.17, 15) is 9.90 Å². The normalized spacial score (nSPS) is 31.8. The SMILES string of the molecule is CCOC(=O)C[C@@H]1CC[C@H](C)[C@H]1CO. The zero-order valence-corrected chi connectivity index (χ0v) is 9.03. The Morgan fingerprint density at radius 3 is 2.79 bits per heavy atom. The molecular formula is C11H20O3. The molecule has 0 unspecified atom stereocenters. The molecule has 3 heteroatoms. The summed E-state index contributed by atoms with van der Waals surface area (Å²) in [5, 5.41) is 9.20. The van der Waals surface area contributed by atoms with Crippen molar-refractivity contribution in [3.63, 3.8) is 0 Å². The van der Waals surface area contributed by atoms with Crippen LogP contribution in [0, 0.1) is 17.8 Å². The van der Waals surface area contributed by atoms with Crippen molar-refractivity contribution in [2.75, 3.05) is 13.2 Å². The van der Waals surface area contributed by atoms with Crippen molar-refractivity contribution < 1.29 is 14.6 Å². The van der Waals surface area contributed by atoms with E-state index < -0.39 is 0 Å². The molecule has 0 saturated heterocycles. The molecule has 1 aliphatic carbocycles. The maximum atomic E-state index is 11.3. The summed E-state index contributed by atoms with van der Waals surface area (Å²) in [6, 6.07) is 0. The first kappa shape index (κ1) is 11.5. The molecule has 3 atom stereocenters. The van der Waals surface area contributed by atoms with Crippen LogP contribution < -0.4 is 0 Å². The van der Waals surface area contributed by atoms with E-state index >= 15 is 0 Å². The number of rotatable bonds is 4. The highest BCUT2D eigenvalue weighted by molar-refractivity contribution is 5.69. The molecule has 1 N–H and O–H groups in total. The smallest absolute Gasteiger partial charge is 0.306 e. The number of aliphatic hydroxyl groups is 1. The summed E-state index contributed by atoms with van der Waals surface area (Å²) in [5.41, 5.74) is 0. The second-order valence-electron chi connectivity index (χ2n) is 4.17. The first-order chi connectivity index (χ1) is 6.69. The topological polar surface area (TPSA) is 46.5 Å². The predicted octanol–water partition coefficient (Wildman–Crippen LogP) is 1.59. The van der Waals surface area contributed by atoms with Gasteiger partial charge in [-0.15, -0.1) is 0 Å². The Bertz CT molecular complexity index is 191. The van der Waals surface area contributed by atoms with Crippen molar-refractivity contribution in [2.45, 2.75) is 33.1 Å². The van der Waals surface area contributed by atoms with Gasteiger partial charge >= 0.3 is 5.97 Å². The monoisotopic (exact) mass is 200 g/mol. The van der Waals surface area contributed by atoms with Crippen LogP contribution in [0.3, 0.4) is 0 Å². The van der Waals surface area contributed by atoms with Crippen LogP contribution in [-0.4, -0.2) is 24.3 Å². The number of aliphatic hydroxyl groups excluding tert-OH is 1. The molecule has 0 bridgehead atoms. The second kappa shape index (κ2) is 5.35. The molecule has 0 spiro atoms. The van der Waals surface area contributed by atoms with E-state index in [4.69, 9.17) is 4.74 Å². The Balaban J connectivity index is 2.40. The van der Waals surface area contributed by atoms with Gasteiger partial charge in [0.2, 0.25) is 0 Å². The third-order valence-corrected chi connectivity index (χ3v) is 3.27. The summed E-state index contributed by atoms with van der Waals surface area (Å²) in [5.74, 6) is 1.04. The number of hydrogen-bond acceptors (Lipinski definition) is 3. The van der Waals surface area contributed by atoms with Crippen LogP contribution in [0.1, 0.15) is 33.1 Å². The molecule has 0 heterocycles. The molecule has 82 valence electrons. The molecule has 1 fully saturated rings. The zero-order chi connectivity index (χ0) is 10.6. The lowest BCUT2D eigenvalue weighted by atomic mass is 9.89. The highest BCUT2D eigenvalue weighted by Crippen LogP contribution is 2.38. The maximum absolute atomic E-state index is 11.3. The summed E-state index contributed by atoms with van der Waals surface area (Å²) >= 11 is 0. The van der Waals surface area contributed by atoms with Gasteiger partial charge in [0.05, 0.1) is 6.61 Å². The van der Waals surface area contributed by atoms with E-state index in [0.717, 1.165) is 12.8 Å². The highest BCUT2D eigenvalue weighted by atomic mass is 16.5. The molecule has 1 rings (SSSR count). The number of carbonyl (C=O) groups excluding carboxylic acids is 1.